The van der Waals surface area contributed by atoms with Gasteiger partial charge in [0.2, 0.25) is 6.41 Å². The molecule has 0 bridgehead atoms. The predicted octanol–water partition coefficient (Wildman–Crippen LogP) is 2.82. The van der Waals surface area contributed by atoms with E-state index in [1.54, 1.807) is 31.5 Å². The third kappa shape index (κ3) is 6.46. The van der Waals surface area contributed by atoms with Crippen molar-refractivity contribution in [3.8, 4) is 5.75 Å². The molecule has 0 heterocycles. The lowest BCUT2D eigenvalue weighted by Crippen LogP contribution is -2.26. The summed E-state index contributed by atoms with van der Waals surface area (Å²) in [5.74, 6) is 10.00. The van der Waals surface area contributed by atoms with E-state index in [0.717, 1.165) is 17.2 Å². The molecule has 1 amide bonds. The minimum atomic E-state index is -4.46. The molecular formula is C18H23F3N4O2. The summed E-state index contributed by atoms with van der Waals surface area (Å²) >= 11 is 0. The third-order valence-electron chi connectivity index (χ3n) is 3.65. The summed E-state index contributed by atoms with van der Waals surface area (Å²) in [6.07, 6.45) is -4.05. The molecule has 0 aliphatic carbocycles. The molecule has 2 rings (SSSR count). The van der Waals surface area contributed by atoms with Gasteiger partial charge in [-0.25, -0.2) is 11.7 Å². The first-order valence-corrected chi connectivity index (χ1v) is 7.89. The molecule has 0 atom stereocenters. The fourth-order valence-corrected chi connectivity index (χ4v) is 2.35. The first-order chi connectivity index (χ1) is 12.6. The molecule has 27 heavy (non-hydrogen) atoms. The van der Waals surface area contributed by atoms with Gasteiger partial charge in [0.15, 0.2) is 0 Å². The number of rotatable bonds is 5. The monoisotopic (exact) mass is 384 g/mol. The maximum Gasteiger partial charge on any atom is 0.419 e. The first kappa shape index (κ1) is 22.3. The molecule has 5 N–H and O–H groups in total. The van der Waals surface area contributed by atoms with Crippen molar-refractivity contribution < 1.29 is 22.7 Å². The van der Waals surface area contributed by atoms with Crippen molar-refractivity contribution in [2.75, 3.05) is 12.1 Å². The van der Waals surface area contributed by atoms with E-state index >= 15 is 0 Å². The van der Waals surface area contributed by atoms with Crippen molar-refractivity contribution in [3.63, 3.8) is 0 Å². The Morgan fingerprint density at radius 3 is 2.37 bits per heavy atom. The average molecular weight is 384 g/mol. The Balaban J connectivity index is 0.000000828. The molecule has 2 aromatic carbocycles. The Hall–Kier alpha value is -2.78. The van der Waals surface area contributed by atoms with Gasteiger partial charge in [-0.3, -0.25) is 10.2 Å². The second-order valence-corrected chi connectivity index (χ2v) is 5.75. The van der Waals surface area contributed by atoms with E-state index in [4.69, 9.17) is 15.4 Å². The number of carbonyl (C=O) groups is 1. The second-order valence-electron chi connectivity index (χ2n) is 5.75. The number of benzene rings is 2. The smallest absolute Gasteiger partial charge is 0.419 e. The van der Waals surface area contributed by atoms with Crippen molar-refractivity contribution in [2.45, 2.75) is 26.6 Å². The van der Waals surface area contributed by atoms with Crippen LogP contribution in [0.2, 0.25) is 0 Å². The molecule has 0 saturated carbocycles. The maximum absolute atomic E-state index is 13.1. The zero-order chi connectivity index (χ0) is 20.6. The van der Waals surface area contributed by atoms with Crippen LogP contribution in [0.25, 0.3) is 0 Å². The number of carbonyl (C=O) groups excluding carboxylic acids is 1. The van der Waals surface area contributed by atoms with E-state index in [1.807, 2.05) is 19.1 Å². The van der Waals surface area contributed by atoms with E-state index < -0.39 is 11.7 Å². The Morgan fingerprint density at radius 2 is 1.85 bits per heavy atom. The lowest BCUT2D eigenvalue weighted by atomic mass is 10.1. The van der Waals surface area contributed by atoms with Gasteiger partial charge in [0.1, 0.15) is 12.4 Å². The number of halogens is 3. The average Bonchev–Trinajstić information content (AvgIpc) is 2.60. The van der Waals surface area contributed by atoms with Gasteiger partial charge in [0.05, 0.1) is 11.3 Å². The normalized spacial score (nSPS) is 10.5. The highest BCUT2D eigenvalue weighted by Gasteiger charge is 2.34. The number of hydrogen-bond acceptors (Lipinski definition) is 5. The lowest BCUT2D eigenvalue weighted by Gasteiger charge is -2.20. The number of nitrogens with zero attached hydrogens (tertiary/aromatic N) is 1. The van der Waals surface area contributed by atoms with Crippen LogP contribution in [0, 0.1) is 13.8 Å². The van der Waals surface area contributed by atoms with Crippen LogP contribution in [0.5, 0.6) is 5.75 Å². The minimum absolute atomic E-state index is 0.00961. The molecule has 6 nitrogen and oxygen atoms in total. The number of aryl methyl sites for hydroxylation is 2. The largest absolute Gasteiger partial charge is 0.488 e. The number of hydrogen-bond donors (Lipinski definition) is 3. The van der Waals surface area contributed by atoms with Gasteiger partial charge in [0, 0.05) is 12.6 Å². The highest BCUT2D eigenvalue weighted by molar-refractivity contribution is 5.55. The van der Waals surface area contributed by atoms with Gasteiger partial charge in [-0.1, -0.05) is 23.8 Å². The molecule has 0 aliphatic rings. The van der Waals surface area contributed by atoms with Gasteiger partial charge in [-0.15, -0.1) is 0 Å². The highest BCUT2D eigenvalue weighted by Crippen LogP contribution is 2.37. The number of anilines is 1. The summed E-state index contributed by atoms with van der Waals surface area (Å²) < 4.78 is 44.9. The van der Waals surface area contributed by atoms with Crippen LogP contribution in [0.15, 0.2) is 36.4 Å². The lowest BCUT2D eigenvalue weighted by molar-refractivity contribution is -0.139. The number of hydrazine groups is 2. The van der Waals surface area contributed by atoms with Crippen molar-refractivity contribution >= 4 is 12.1 Å². The number of amides is 1. The number of alkyl halides is 3. The number of nitrogens with one attached hydrogen (secondary N) is 1. The van der Waals surface area contributed by atoms with Crippen molar-refractivity contribution in [1.29, 1.82) is 0 Å². The molecule has 9 heteroatoms. The van der Waals surface area contributed by atoms with Crippen LogP contribution in [0.4, 0.5) is 18.9 Å². The molecule has 0 unspecified atom stereocenters. The minimum Gasteiger partial charge on any atom is -0.488 e. The Morgan fingerprint density at radius 1 is 1.22 bits per heavy atom. The molecule has 2 aromatic rings. The summed E-state index contributed by atoms with van der Waals surface area (Å²) in [5.41, 5.74) is 3.88. The third-order valence-corrected chi connectivity index (χ3v) is 3.65. The summed E-state index contributed by atoms with van der Waals surface area (Å²) in [7, 11) is 1.67. The molecule has 148 valence electrons. The van der Waals surface area contributed by atoms with Crippen LogP contribution >= 0.6 is 0 Å². The highest BCUT2D eigenvalue weighted by atomic mass is 19.4. The van der Waals surface area contributed by atoms with E-state index in [-0.39, 0.29) is 12.4 Å². The van der Waals surface area contributed by atoms with Gasteiger partial charge in [0.25, 0.3) is 0 Å². The molecule has 0 aliphatic heterocycles. The number of nitrogens with two attached hydrogens (primary N) is 2. The topological polar surface area (TPSA) is 93.6 Å². The van der Waals surface area contributed by atoms with E-state index in [0.29, 0.717) is 17.7 Å². The van der Waals surface area contributed by atoms with Crippen LogP contribution in [0.3, 0.4) is 0 Å². The molecule has 0 aromatic heterocycles. The van der Waals surface area contributed by atoms with Gasteiger partial charge >= 0.3 is 6.18 Å². The predicted molar refractivity (Wildman–Crippen MR) is 97.7 cm³/mol. The van der Waals surface area contributed by atoms with E-state index in [1.165, 1.54) is 11.1 Å². The summed E-state index contributed by atoms with van der Waals surface area (Å²) in [6, 6.07) is 9.53. The van der Waals surface area contributed by atoms with Crippen LogP contribution in [0.1, 0.15) is 22.3 Å². The quantitative estimate of drug-likeness (QED) is 0.319. The molecular weight excluding hydrogens is 361 g/mol. The summed E-state index contributed by atoms with van der Waals surface area (Å²) in [4.78, 5) is 8.94. The van der Waals surface area contributed by atoms with Crippen molar-refractivity contribution in [2.24, 2.45) is 11.7 Å². The van der Waals surface area contributed by atoms with Crippen LogP contribution in [-0.4, -0.2) is 13.5 Å². The van der Waals surface area contributed by atoms with Gasteiger partial charge < -0.3 is 9.75 Å². The maximum atomic E-state index is 13.1. The van der Waals surface area contributed by atoms with E-state index in [2.05, 4.69) is 5.84 Å². The zero-order valence-corrected chi connectivity index (χ0v) is 15.3. The Labute approximate surface area is 155 Å². The Kier molecular flexibility index (Phi) is 8.07. The second kappa shape index (κ2) is 9.79. The van der Waals surface area contributed by atoms with Crippen LogP contribution in [-0.2, 0) is 17.6 Å². The molecule has 0 saturated heterocycles. The Bertz CT molecular complexity index is 765. The fraction of sp³-hybridized carbons (Fsp3) is 0.278. The standard InChI is InChI=1S/C17H19F3N2O.CH4N2O/c1-11-7-8-16(14(9-11)17(18,19)20)23-10-13-12(2)5-4-6-15(13)22(3)21;2-3-1-4/h4-9H,10,21H2,1-3H3;1H,2H2,(H,3,4). The zero-order valence-electron chi connectivity index (χ0n) is 15.3. The van der Waals surface area contributed by atoms with Crippen molar-refractivity contribution in [3.05, 3.63) is 58.7 Å². The van der Waals surface area contributed by atoms with Crippen LogP contribution < -0.4 is 26.9 Å². The fourth-order valence-electron chi connectivity index (χ4n) is 2.35. The van der Waals surface area contributed by atoms with Crippen molar-refractivity contribution in [1.82, 2.24) is 5.43 Å². The van der Waals surface area contributed by atoms with Gasteiger partial charge in [-0.2, -0.15) is 13.2 Å². The summed E-state index contributed by atoms with van der Waals surface area (Å²) in [6.45, 7) is 3.49. The summed E-state index contributed by atoms with van der Waals surface area (Å²) in [5, 5.41) is 1.42. The first-order valence-electron chi connectivity index (χ1n) is 7.89. The SMILES string of the molecule is Cc1ccc(OCc2c(C)cccc2N(C)N)c(C(F)(F)F)c1.NNC=O. The molecule has 0 spiro atoms. The molecule has 0 fully saturated rings. The van der Waals surface area contributed by atoms with Gasteiger partial charge in [-0.05, 0) is 37.6 Å². The number of ether oxygens (including phenoxy) is 1. The van der Waals surface area contributed by atoms with E-state index in [9.17, 15) is 13.2 Å². The molecule has 0 radical (unpaired) electrons.